The molecule has 3 aliphatic heterocycles. The monoisotopic (exact) mass is 488 g/mol. The Morgan fingerprint density at radius 1 is 1.11 bits per heavy atom. The lowest BCUT2D eigenvalue weighted by molar-refractivity contribution is -0.150. The molecule has 9 nitrogen and oxygen atoms in total. The summed E-state index contributed by atoms with van der Waals surface area (Å²) in [6.45, 7) is 6.01. The second kappa shape index (κ2) is 12.7. The molecule has 0 spiro atoms. The lowest BCUT2D eigenvalue weighted by atomic mass is 9.95. The highest BCUT2D eigenvalue weighted by molar-refractivity contribution is 5.77. The van der Waals surface area contributed by atoms with Crippen LogP contribution in [0.2, 0.25) is 0 Å². The molecule has 0 bridgehead atoms. The molecule has 0 radical (unpaired) electrons. The molecule has 3 fully saturated rings. The van der Waals surface area contributed by atoms with E-state index in [9.17, 15) is 14.7 Å². The van der Waals surface area contributed by atoms with Gasteiger partial charge in [0.15, 0.2) is 0 Å². The third-order valence-electron chi connectivity index (χ3n) is 7.07. The first kappa shape index (κ1) is 25.9. The van der Waals surface area contributed by atoms with Gasteiger partial charge in [-0.3, -0.25) is 9.69 Å². The van der Waals surface area contributed by atoms with Crippen molar-refractivity contribution < 1.29 is 24.2 Å². The fourth-order valence-electron chi connectivity index (χ4n) is 5.34. The second-order valence-electron chi connectivity index (χ2n) is 9.99. The number of fused-ring (bicyclic) bond motifs is 1. The zero-order valence-electron chi connectivity index (χ0n) is 20.7. The Labute approximate surface area is 208 Å². The number of carbonyl (C=O) groups excluding carboxylic acids is 2. The molecule has 9 heteroatoms. The number of benzene rings is 1. The summed E-state index contributed by atoms with van der Waals surface area (Å²) in [6.07, 6.45) is 2.27. The van der Waals surface area contributed by atoms with Crippen molar-refractivity contribution in [2.24, 2.45) is 0 Å². The van der Waals surface area contributed by atoms with Gasteiger partial charge >= 0.3 is 6.03 Å². The number of aliphatic hydroxyl groups excluding tert-OH is 1. The molecule has 3 heterocycles. The molecule has 1 aromatic carbocycles. The van der Waals surface area contributed by atoms with Crippen LogP contribution in [0.1, 0.15) is 44.6 Å². The minimum absolute atomic E-state index is 0.0136. The first-order valence-electron chi connectivity index (χ1n) is 13.0. The maximum Gasteiger partial charge on any atom is 0.317 e. The van der Waals surface area contributed by atoms with Crippen molar-refractivity contribution in [1.82, 2.24) is 20.4 Å². The van der Waals surface area contributed by atoms with Gasteiger partial charge in [-0.15, -0.1) is 0 Å². The molecular weight excluding hydrogens is 448 g/mol. The van der Waals surface area contributed by atoms with Crippen LogP contribution in [-0.2, 0) is 20.8 Å². The zero-order valence-corrected chi connectivity index (χ0v) is 20.7. The molecule has 3 amide bonds. The Morgan fingerprint density at radius 2 is 1.94 bits per heavy atom. The average Bonchev–Trinajstić information content (AvgIpc) is 3.27. The van der Waals surface area contributed by atoms with Gasteiger partial charge in [0.1, 0.15) is 6.10 Å². The molecule has 1 aromatic rings. The average molecular weight is 489 g/mol. The zero-order chi connectivity index (χ0) is 24.6. The number of likely N-dealkylation sites (tertiary alicyclic amines) is 1. The summed E-state index contributed by atoms with van der Waals surface area (Å²) in [5.74, 6) is 0.0136. The molecule has 3 N–H and O–H groups in total. The standard InChI is InChI=1S/C26H40N4O5/c1-2-11-27-26(33)30-16-21(31)17-34-18-24-23(30)9-8-22(35-24)13-25(32)28-20-10-12-29(15-20)14-19-6-4-3-5-7-19/h3-7,20-24,31H,2,8-18H2,1H3,(H,27,33)(H,28,32)/t20-,21-,22+,23+,24-/m1/s1. The normalized spacial score (nSPS) is 29.7. The van der Waals surface area contributed by atoms with E-state index in [0.717, 1.165) is 32.5 Å². The molecule has 3 aliphatic rings. The molecule has 5 atom stereocenters. The Hall–Kier alpha value is -2.20. The molecule has 3 saturated heterocycles. The lowest BCUT2D eigenvalue weighted by Crippen LogP contribution is -2.59. The van der Waals surface area contributed by atoms with Gasteiger partial charge in [-0.05, 0) is 31.2 Å². The van der Waals surface area contributed by atoms with Crippen LogP contribution in [-0.4, -0.2) is 96.6 Å². The van der Waals surface area contributed by atoms with Gasteiger partial charge in [0, 0.05) is 32.2 Å². The Balaban J connectivity index is 1.26. The summed E-state index contributed by atoms with van der Waals surface area (Å²) in [7, 11) is 0. The van der Waals surface area contributed by atoms with Crippen LogP contribution in [0.4, 0.5) is 4.79 Å². The predicted molar refractivity (Wildman–Crippen MR) is 132 cm³/mol. The third-order valence-corrected chi connectivity index (χ3v) is 7.07. The van der Waals surface area contributed by atoms with Crippen molar-refractivity contribution in [2.75, 3.05) is 39.4 Å². The molecular formula is C26H40N4O5. The van der Waals surface area contributed by atoms with E-state index in [2.05, 4.69) is 39.8 Å². The van der Waals surface area contributed by atoms with Crippen LogP contribution >= 0.6 is 0 Å². The number of amides is 3. The number of urea groups is 1. The number of ether oxygens (including phenoxy) is 2. The first-order chi connectivity index (χ1) is 17.0. The van der Waals surface area contributed by atoms with E-state index in [1.807, 2.05) is 13.0 Å². The summed E-state index contributed by atoms with van der Waals surface area (Å²) < 4.78 is 11.9. The highest BCUT2D eigenvalue weighted by Gasteiger charge is 2.40. The molecule has 194 valence electrons. The van der Waals surface area contributed by atoms with Gasteiger partial charge in [-0.25, -0.2) is 4.79 Å². The minimum Gasteiger partial charge on any atom is -0.389 e. The van der Waals surface area contributed by atoms with Gasteiger partial charge in [-0.1, -0.05) is 37.3 Å². The topological polar surface area (TPSA) is 103 Å². The van der Waals surface area contributed by atoms with Gasteiger partial charge in [-0.2, -0.15) is 0 Å². The van der Waals surface area contributed by atoms with Crippen LogP contribution < -0.4 is 10.6 Å². The van der Waals surface area contributed by atoms with E-state index < -0.39 is 6.10 Å². The maximum atomic E-state index is 12.8. The first-order valence-corrected chi connectivity index (χ1v) is 13.0. The smallest absolute Gasteiger partial charge is 0.317 e. The lowest BCUT2D eigenvalue weighted by Gasteiger charge is -2.44. The van der Waals surface area contributed by atoms with E-state index in [-0.39, 0.29) is 49.4 Å². The molecule has 0 aromatic heterocycles. The van der Waals surface area contributed by atoms with Crippen molar-refractivity contribution in [3.63, 3.8) is 0 Å². The quantitative estimate of drug-likeness (QED) is 0.538. The molecule has 0 aliphatic carbocycles. The highest BCUT2D eigenvalue weighted by atomic mass is 16.5. The van der Waals surface area contributed by atoms with Crippen LogP contribution in [0.5, 0.6) is 0 Å². The number of hydrogen-bond acceptors (Lipinski definition) is 6. The van der Waals surface area contributed by atoms with E-state index in [0.29, 0.717) is 32.4 Å². The summed E-state index contributed by atoms with van der Waals surface area (Å²) >= 11 is 0. The van der Waals surface area contributed by atoms with Crippen molar-refractivity contribution in [3.05, 3.63) is 35.9 Å². The number of aliphatic hydroxyl groups is 1. The van der Waals surface area contributed by atoms with Crippen molar-refractivity contribution in [3.8, 4) is 0 Å². The van der Waals surface area contributed by atoms with E-state index in [4.69, 9.17) is 9.47 Å². The van der Waals surface area contributed by atoms with E-state index >= 15 is 0 Å². The van der Waals surface area contributed by atoms with E-state index in [1.165, 1.54) is 5.56 Å². The summed E-state index contributed by atoms with van der Waals surface area (Å²) in [4.78, 5) is 29.6. The highest BCUT2D eigenvalue weighted by Crippen LogP contribution is 2.28. The van der Waals surface area contributed by atoms with Crippen LogP contribution in [0.15, 0.2) is 30.3 Å². The van der Waals surface area contributed by atoms with Crippen molar-refractivity contribution in [1.29, 1.82) is 0 Å². The number of carbonyl (C=O) groups is 2. The van der Waals surface area contributed by atoms with Crippen LogP contribution in [0.3, 0.4) is 0 Å². The van der Waals surface area contributed by atoms with Crippen LogP contribution in [0.25, 0.3) is 0 Å². The predicted octanol–water partition coefficient (Wildman–Crippen LogP) is 1.50. The SMILES string of the molecule is CCCNC(=O)N1C[C@@H](O)COC[C@H]2O[C@H](CC(=O)N[C@@H]3CCN(Cc4ccccc4)C3)CC[C@@H]21. The van der Waals surface area contributed by atoms with Gasteiger partial charge < -0.3 is 30.1 Å². The van der Waals surface area contributed by atoms with Crippen molar-refractivity contribution >= 4 is 11.9 Å². The minimum atomic E-state index is -0.723. The molecule has 0 saturated carbocycles. The fraction of sp³-hybridized carbons (Fsp3) is 0.692. The molecule has 0 unspecified atom stereocenters. The molecule has 35 heavy (non-hydrogen) atoms. The van der Waals surface area contributed by atoms with Gasteiger partial charge in [0.25, 0.3) is 0 Å². The number of nitrogens with zero attached hydrogens (tertiary/aromatic N) is 2. The van der Waals surface area contributed by atoms with Crippen LogP contribution in [0, 0.1) is 0 Å². The Morgan fingerprint density at radius 3 is 2.74 bits per heavy atom. The fourth-order valence-corrected chi connectivity index (χ4v) is 5.34. The Bertz CT molecular complexity index is 825. The number of rotatable bonds is 7. The third kappa shape index (κ3) is 7.39. The van der Waals surface area contributed by atoms with Gasteiger partial charge in [0.05, 0.1) is 44.4 Å². The second-order valence-corrected chi connectivity index (χ2v) is 9.99. The number of hydrogen-bond donors (Lipinski definition) is 3. The summed E-state index contributed by atoms with van der Waals surface area (Å²) in [5.41, 5.74) is 1.29. The summed E-state index contributed by atoms with van der Waals surface area (Å²) in [5, 5.41) is 16.3. The summed E-state index contributed by atoms with van der Waals surface area (Å²) in [6, 6.07) is 10.2. The maximum absolute atomic E-state index is 12.8. The number of nitrogens with one attached hydrogen (secondary N) is 2. The van der Waals surface area contributed by atoms with Gasteiger partial charge in [0.2, 0.25) is 5.91 Å². The largest absolute Gasteiger partial charge is 0.389 e. The van der Waals surface area contributed by atoms with E-state index in [1.54, 1.807) is 4.90 Å². The molecule has 4 rings (SSSR count). The Kier molecular flexibility index (Phi) is 9.37. The van der Waals surface area contributed by atoms with Crippen molar-refractivity contribution in [2.45, 2.75) is 76.0 Å². The number of β-amino-alcohol motifs (C(OH)–C–C–N with tert-alkyl or cyclic N) is 1.